The number of halogens is 3. The van der Waals surface area contributed by atoms with Gasteiger partial charge in [-0.05, 0) is 12.5 Å². The van der Waals surface area contributed by atoms with Gasteiger partial charge in [-0.15, -0.1) is 0 Å². The van der Waals surface area contributed by atoms with Gasteiger partial charge < -0.3 is 14.2 Å². The van der Waals surface area contributed by atoms with Crippen LogP contribution in [-0.2, 0) is 13.0 Å². The highest BCUT2D eigenvalue weighted by molar-refractivity contribution is 5.15. The van der Waals surface area contributed by atoms with Gasteiger partial charge in [-0.1, -0.05) is 12.1 Å². The third-order valence-electron chi connectivity index (χ3n) is 2.70. The van der Waals surface area contributed by atoms with Crippen molar-refractivity contribution in [2.75, 3.05) is 0 Å². The fourth-order valence-electron chi connectivity index (χ4n) is 1.74. The highest BCUT2D eigenvalue weighted by atomic mass is 19.4. The van der Waals surface area contributed by atoms with E-state index in [9.17, 15) is 13.2 Å². The number of aryl methyl sites for hydroxylation is 1. The molecule has 8 heteroatoms. The predicted octanol–water partition coefficient (Wildman–Crippen LogP) is 2.47. The van der Waals surface area contributed by atoms with E-state index < -0.39 is 12.3 Å². The van der Waals surface area contributed by atoms with Crippen molar-refractivity contribution >= 4 is 0 Å². The number of nitrogens with zero attached hydrogens (tertiary/aromatic N) is 3. The van der Waals surface area contributed by atoms with Crippen LogP contribution in [0.3, 0.4) is 0 Å². The molecule has 110 valence electrons. The smallest absolute Gasteiger partial charge is 0.379 e. The van der Waals surface area contributed by atoms with E-state index in [1.807, 2.05) is 6.92 Å². The van der Waals surface area contributed by atoms with Crippen LogP contribution in [0.15, 0.2) is 23.0 Å². The fourth-order valence-corrected chi connectivity index (χ4v) is 1.74. The molecule has 1 atom stereocenters. The zero-order valence-corrected chi connectivity index (χ0v) is 10.8. The molecule has 20 heavy (non-hydrogen) atoms. The van der Waals surface area contributed by atoms with Crippen LogP contribution in [0.5, 0.6) is 0 Å². The number of alkyl halides is 3. The summed E-state index contributed by atoms with van der Waals surface area (Å²) in [5.74, 6) is 0.891. The highest BCUT2D eigenvalue weighted by Gasteiger charge is 2.39. The molecule has 0 amide bonds. The minimum absolute atomic E-state index is 0.168. The molecular formula is C12H14F3N3O2. The van der Waals surface area contributed by atoms with Crippen LogP contribution in [0.1, 0.15) is 36.7 Å². The van der Waals surface area contributed by atoms with Crippen LogP contribution in [-0.4, -0.2) is 26.0 Å². The molecule has 0 aromatic carbocycles. The van der Waals surface area contributed by atoms with Crippen molar-refractivity contribution in [2.24, 2.45) is 0 Å². The second-order valence-electron chi connectivity index (χ2n) is 4.42. The Morgan fingerprint density at radius 1 is 1.45 bits per heavy atom. The van der Waals surface area contributed by atoms with Gasteiger partial charge in [0.2, 0.25) is 5.89 Å². The van der Waals surface area contributed by atoms with Crippen molar-refractivity contribution in [3.8, 4) is 0 Å². The number of hydrogen-bond acceptors (Lipinski definition) is 4. The largest absolute Gasteiger partial charge is 0.418 e. The third kappa shape index (κ3) is 3.38. The van der Waals surface area contributed by atoms with E-state index >= 15 is 0 Å². The van der Waals surface area contributed by atoms with Crippen molar-refractivity contribution in [3.63, 3.8) is 0 Å². The molecule has 0 saturated heterocycles. The van der Waals surface area contributed by atoms with Crippen LogP contribution >= 0.6 is 0 Å². The molecule has 1 unspecified atom stereocenters. The lowest BCUT2D eigenvalue weighted by Crippen LogP contribution is -2.19. The van der Waals surface area contributed by atoms with E-state index in [0.717, 1.165) is 6.42 Å². The maximum atomic E-state index is 12.4. The van der Waals surface area contributed by atoms with Gasteiger partial charge in [0.15, 0.2) is 11.9 Å². The Hall–Kier alpha value is -1.83. The van der Waals surface area contributed by atoms with E-state index in [4.69, 9.17) is 9.63 Å². The molecule has 2 heterocycles. The van der Waals surface area contributed by atoms with Gasteiger partial charge in [0.1, 0.15) is 6.54 Å². The maximum Gasteiger partial charge on any atom is 0.418 e. The quantitative estimate of drug-likeness (QED) is 0.918. The van der Waals surface area contributed by atoms with Crippen LogP contribution in [0.4, 0.5) is 13.2 Å². The Morgan fingerprint density at radius 3 is 2.85 bits per heavy atom. The van der Waals surface area contributed by atoms with Gasteiger partial charge in [0, 0.05) is 24.4 Å². The Morgan fingerprint density at radius 2 is 2.20 bits per heavy atom. The molecule has 0 saturated carbocycles. The molecule has 0 bridgehead atoms. The summed E-state index contributed by atoms with van der Waals surface area (Å²) in [6.45, 7) is 2.15. The first-order valence-corrected chi connectivity index (χ1v) is 6.12. The Kier molecular flexibility index (Phi) is 4.12. The second-order valence-corrected chi connectivity index (χ2v) is 4.42. The van der Waals surface area contributed by atoms with Gasteiger partial charge in [-0.2, -0.15) is 18.2 Å². The molecule has 1 N–H and O–H groups in total. The standard InChI is InChI=1S/C12H14F3N3O2/c1-2-3-9-16-10(20-17-9)7-18-5-4-8(6-18)11(19)12(13,14)15/h4-6,11,19H,2-3,7H2,1H3. The Balaban J connectivity index is 2.05. The second kappa shape index (κ2) is 5.66. The lowest BCUT2D eigenvalue weighted by atomic mass is 10.2. The highest BCUT2D eigenvalue weighted by Crippen LogP contribution is 2.32. The predicted molar refractivity (Wildman–Crippen MR) is 62.8 cm³/mol. The SMILES string of the molecule is CCCc1noc(Cn2ccc(C(O)C(F)(F)F)c2)n1. The van der Waals surface area contributed by atoms with Crippen molar-refractivity contribution < 1.29 is 22.8 Å². The van der Waals surface area contributed by atoms with E-state index in [1.165, 1.54) is 23.0 Å². The van der Waals surface area contributed by atoms with Crippen molar-refractivity contribution in [2.45, 2.75) is 38.6 Å². The molecular weight excluding hydrogens is 275 g/mol. The topological polar surface area (TPSA) is 64.1 Å². The molecule has 2 aromatic heterocycles. The lowest BCUT2D eigenvalue weighted by Gasteiger charge is -2.12. The zero-order chi connectivity index (χ0) is 14.8. The molecule has 0 aliphatic heterocycles. The summed E-state index contributed by atoms with van der Waals surface area (Å²) in [7, 11) is 0. The summed E-state index contributed by atoms with van der Waals surface area (Å²) in [5, 5.41) is 12.9. The zero-order valence-electron chi connectivity index (χ0n) is 10.8. The molecule has 0 spiro atoms. The number of aliphatic hydroxyl groups excluding tert-OH is 1. The number of aliphatic hydroxyl groups is 1. The minimum Gasteiger partial charge on any atom is -0.379 e. The first kappa shape index (κ1) is 14.6. The monoisotopic (exact) mass is 289 g/mol. The summed E-state index contributed by atoms with van der Waals surface area (Å²) in [6, 6.07) is 1.21. The van der Waals surface area contributed by atoms with E-state index in [0.29, 0.717) is 18.1 Å². The van der Waals surface area contributed by atoms with E-state index in [1.54, 1.807) is 0 Å². The average Bonchev–Trinajstić information content (AvgIpc) is 2.98. The molecule has 0 aliphatic rings. The number of rotatable bonds is 5. The van der Waals surface area contributed by atoms with Gasteiger partial charge >= 0.3 is 6.18 Å². The lowest BCUT2D eigenvalue weighted by molar-refractivity contribution is -0.206. The summed E-state index contributed by atoms with van der Waals surface area (Å²) >= 11 is 0. The average molecular weight is 289 g/mol. The molecule has 2 rings (SSSR count). The Labute approximate surface area is 113 Å². The first-order chi connectivity index (χ1) is 9.40. The fraction of sp³-hybridized carbons (Fsp3) is 0.500. The van der Waals surface area contributed by atoms with Crippen LogP contribution in [0.25, 0.3) is 0 Å². The van der Waals surface area contributed by atoms with Crippen LogP contribution in [0.2, 0.25) is 0 Å². The van der Waals surface area contributed by atoms with Crippen molar-refractivity contribution in [1.82, 2.24) is 14.7 Å². The molecule has 0 radical (unpaired) electrons. The summed E-state index contributed by atoms with van der Waals surface area (Å²) in [4.78, 5) is 4.11. The molecule has 2 aromatic rings. The number of aromatic nitrogens is 3. The first-order valence-electron chi connectivity index (χ1n) is 6.12. The summed E-state index contributed by atoms with van der Waals surface area (Å²) in [6.07, 6.45) is -2.96. The normalized spacial score (nSPS) is 13.7. The maximum absolute atomic E-state index is 12.4. The van der Waals surface area contributed by atoms with Crippen molar-refractivity contribution in [1.29, 1.82) is 0 Å². The Bertz CT molecular complexity index is 562. The van der Waals surface area contributed by atoms with Crippen molar-refractivity contribution in [3.05, 3.63) is 35.7 Å². The molecule has 0 aliphatic carbocycles. The third-order valence-corrected chi connectivity index (χ3v) is 2.70. The van der Waals surface area contributed by atoms with Gasteiger partial charge in [-0.3, -0.25) is 0 Å². The summed E-state index contributed by atoms with van der Waals surface area (Å²) in [5.41, 5.74) is -0.217. The van der Waals surface area contributed by atoms with Gasteiger partial charge in [0.25, 0.3) is 0 Å². The van der Waals surface area contributed by atoms with Gasteiger partial charge in [-0.25, -0.2) is 0 Å². The molecule has 0 fully saturated rings. The number of hydrogen-bond donors (Lipinski definition) is 1. The minimum atomic E-state index is -4.68. The van der Waals surface area contributed by atoms with E-state index in [-0.39, 0.29) is 12.1 Å². The van der Waals surface area contributed by atoms with Crippen LogP contribution in [0, 0.1) is 0 Å². The van der Waals surface area contributed by atoms with Crippen LogP contribution < -0.4 is 0 Å². The van der Waals surface area contributed by atoms with E-state index in [2.05, 4.69) is 10.1 Å². The van der Waals surface area contributed by atoms with Gasteiger partial charge in [0.05, 0.1) is 0 Å². The molecule has 5 nitrogen and oxygen atoms in total. The summed E-state index contributed by atoms with van der Waals surface area (Å²) < 4.78 is 43.5.